The van der Waals surface area contributed by atoms with Crippen LogP contribution in [0.4, 0.5) is 0 Å². The standard InChI is InChI=1S/C16H38N2O2Si/c1-7-17(5)13-11-15-21(19-9-3,20-10-4)16-12-14-18(6)8-2/h7-16H2,1-6H3. The van der Waals surface area contributed by atoms with Gasteiger partial charge in [-0.15, -0.1) is 0 Å². The molecule has 0 aliphatic heterocycles. The maximum atomic E-state index is 6.18. The summed E-state index contributed by atoms with van der Waals surface area (Å²) in [5.41, 5.74) is 0. The Morgan fingerprint density at radius 1 is 0.714 bits per heavy atom. The molecule has 21 heavy (non-hydrogen) atoms. The molecule has 0 fully saturated rings. The molecule has 0 aromatic rings. The Morgan fingerprint density at radius 3 is 1.38 bits per heavy atom. The van der Waals surface area contributed by atoms with E-state index in [9.17, 15) is 0 Å². The normalized spacial score (nSPS) is 12.6. The zero-order chi connectivity index (χ0) is 16.1. The Labute approximate surface area is 134 Å². The Hall–Kier alpha value is 0.0569. The maximum absolute atomic E-state index is 6.18. The number of hydrogen-bond acceptors (Lipinski definition) is 4. The summed E-state index contributed by atoms with van der Waals surface area (Å²) in [6.07, 6.45) is 2.36. The van der Waals surface area contributed by atoms with Crippen LogP contribution >= 0.6 is 0 Å². The predicted octanol–water partition coefficient (Wildman–Crippen LogP) is 3.19. The fraction of sp³-hybridized carbons (Fsp3) is 1.00. The van der Waals surface area contributed by atoms with Crippen molar-refractivity contribution in [3.8, 4) is 0 Å². The average molecular weight is 319 g/mol. The molecule has 4 nitrogen and oxygen atoms in total. The van der Waals surface area contributed by atoms with Crippen molar-refractivity contribution >= 4 is 8.56 Å². The van der Waals surface area contributed by atoms with Crippen LogP contribution in [-0.2, 0) is 8.85 Å². The molecule has 0 N–H and O–H groups in total. The van der Waals surface area contributed by atoms with E-state index in [4.69, 9.17) is 8.85 Å². The molecule has 0 amide bonds. The van der Waals surface area contributed by atoms with Gasteiger partial charge in [-0.2, -0.15) is 0 Å². The van der Waals surface area contributed by atoms with E-state index in [0.717, 1.165) is 51.5 Å². The third kappa shape index (κ3) is 9.63. The highest BCUT2D eigenvalue weighted by molar-refractivity contribution is 6.67. The lowest BCUT2D eigenvalue weighted by atomic mass is 10.4. The van der Waals surface area contributed by atoms with E-state index in [1.54, 1.807) is 0 Å². The zero-order valence-corrected chi connectivity index (χ0v) is 16.3. The molecular formula is C16H38N2O2Si. The van der Waals surface area contributed by atoms with Crippen LogP contribution in [0.5, 0.6) is 0 Å². The van der Waals surface area contributed by atoms with Crippen molar-refractivity contribution in [1.82, 2.24) is 9.80 Å². The minimum absolute atomic E-state index is 0.777. The molecule has 0 aromatic carbocycles. The first-order chi connectivity index (χ1) is 10.0. The number of hydrogen-bond donors (Lipinski definition) is 0. The van der Waals surface area contributed by atoms with Crippen molar-refractivity contribution in [3.05, 3.63) is 0 Å². The molecule has 0 rings (SSSR count). The van der Waals surface area contributed by atoms with Crippen molar-refractivity contribution in [2.24, 2.45) is 0 Å². The number of nitrogens with zero attached hydrogens (tertiary/aromatic N) is 2. The quantitative estimate of drug-likeness (QED) is 0.459. The molecule has 0 unspecified atom stereocenters. The second-order valence-corrected chi connectivity index (χ2v) is 9.17. The Balaban J connectivity index is 4.42. The van der Waals surface area contributed by atoms with E-state index in [-0.39, 0.29) is 0 Å². The van der Waals surface area contributed by atoms with Gasteiger partial charge < -0.3 is 18.7 Å². The molecule has 0 aliphatic carbocycles. The van der Waals surface area contributed by atoms with Crippen LogP contribution in [0, 0.1) is 0 Å². The van der Waals surface area contributed by atoms with Gasteiger partial charge >= 0.3 is 8.56 Å². The van der Waals surface area contributed by atoms with Gasteiger partial charge in [-0.3, -0.25) is 0 Å². The van der Waals surface area contributed by atoms with Crippen LogP contribution in [0.25, 0.3) is 0 Å². The van der Waals surface area contributed by atoms with Gasteiger partial charge in [-0.25, -0.2) is 0 Å². The SMILES string of the molecule is CCO[Si](CCCN(C)CC)(CCCN(C)CC)OCC. The van der Waals surface area contributed by atoms with E-state index in [0.29, 0.717) is 0 Å². The third-order valence-corrected chi connectivity index (χ3v) is 7.95. The summed E-state index contributed by atoms with van der Waals surface area (Å²) >= 11 is 0. The van der Waals surface area contributed by atoms with E-state index < -0.39 is 8.56 Å². The van der Waals surface area contributed by atoms with Gasteiger partial charge in [0.15, 0.2) is 0 Å². The van der Waals surface area contributed by atoms with Crippen LogP contribution in [0.1, 0.15) is 40.5 Å². The minimum atomic E-state index is -2.01. The van der Waals surface area contributed by atoms with Crippen LogP contribution in [0.3, 0.4) is 0 Å². The first kappa shape index (κ1) is 21.1. The molecular weight excluding hydrogens is 280 g/mol. The van der Waals surface area contributed by atoms with Crippen molar-refractivity contribution in [2.45, 2.75) is 52.6 Å². The lowest BCUT2D eigenvalue weighted by Crippen LogP contribution is -2.43. The summed E-state index contributed by atoms with van der Waals surface area (Å²) in [5.74, 6) is 0. The van der Waals surface area contributed by atoms with Gasteiger partial charge in [0.2, 0.25) is 0 Å². The van der Waals surface area contributed by atoms with Crippen molar-refractivity contribution < 1.29 is 8.85 Å². The fourth-order valence-electron chi connectivity index (χ4n) is 2.53. The molecule has 128 valence electrons. The Bertz CT molecular complexity index is 218. The highest BCUT2D eigenvalue weighted by atomic mass is 28.4. The molecule has 0 radical (unpaired) electrons. The second kappa shape index (κ2) is 12.6. The van der Waals surface area contributed by atoms with Crippen LogP contribution in [-0.4, -0.2) is 71.8 Å². The van der Waals surface area contributed by atoms with E-state index in [2.05, 4.69) is 51.6 Å². The van der Waals surface area contributed by atoms with Crippen molar-refractivity contribution in [1.29, 1.82) is 0 Å². The zero-order valence-electron chi connectivity index (χ0n) is 15.3. The molecule has 0 heterocycles. The van der Waals surface area contributed by atoms with E-state index in [1.807, 2.05) is 0 Å². The molecule has 0 aliphatic rings. The summed E-state index contributed by atoms with van der Waals surface area (Å²) in [7, 11) is 2.35. The Kier molecular flexibility index (Phi) is 12.6. The van der Waals surface area contributed by atoms with Crippen molar-refractivity contribution in [2.75, 3.05) is 53.5 Å². The predicted molar refractivity (Wildman–Crippen MR) is 94.2 cm³/mol. The summed E-state index contributed by atoms with van der Waals surface area (Å²) in [6, 6.07) is 2.24. The second-order valence-electron chi connectivity index (χ2n) is 5.78. The highest BCUT2D eigenvalue weighted by Gasteiger charge is 2.36. The topological polar surface area (TPSA) is 24.9 Å². The van der Waals surface area contributed by atoms with Crippen molar-refractivity contribution in [3.63, 3.8) is 0 Å². The van der Waals surface area contributed by atoms with Gasteiger partial charge in [-0.05, 0) is 79.1 Å². The van der Waals surface area contributed by atoms with Crippen LogP contribution < -0.4 is 0 Å². The first-order valence-corrected chi connectivity index (χ1v) is 10.9. The third-order valence-electron chi connectivity index (χ3n) is 4.09. The van der Waals surface area contributed by atoms with Gasteiger partial charge in [0, 0.05) is 13.2 Å². The molecule has 0 bridgehead atoms. The maximum Gasteiger partial charge on any atom is 0.338 e. The van der Waals surface area contributed by atoms with Gasteiger partial charge in [0.25, 0.3) is 0 Å². The van der Waals surface area contributed by atoms with E-state index in [1.165, 1.54) is 12.8 Å². The lowest BCUT2D eigenvalue weighted by Gasteiger charge is -2.31. The first-order valence-electron chi connectivity index (χ1n) is 8.68. The summed E-state index contributed by atoms with van der Waals surface area (Å²) < 4.78 is 12.4. The molecule has 0 saturated heterocycles. The van der Waals surface area contributed by atoms with E-state index >= 15 is 0 Å². The minimum Gasteiger partial charge on any atom is -0.394 e. The largest absolute Gasteiger partial charge is 0.394 e. The van der Waals surface area contributed by atoms with Gasteiger partial charge in [-0.1, -0.05) is 13.8 Å². The monoisotopic (exact) mass is 318 g/mol. The molecule has 0 saturated carbocycles. The molecule has 0 atom stereocenters. The summed E-state index contributed by atoms with van der Waals surface area (Å²) in [4.78, 5) is 4.73. The van der Waals surface area contributed by atoms with Crippen LogP contribution in [0.2, 0.25) is 12.1 Å². The fourth-order valence-corrected chi connectivity index (χ4v) is 5.89. The van der Waals surface area contributed by atoms with Gasteiger partial charge in [0.05, 0.1) is 0 Å². The summed E-state index contributed by atoms with van der Waals surface area (Å²) in [6.45, 7) is 14.7. The molecule has 0 spiro atoms. The summed E-state index contributed by atoms with van der Waals surface area (Å²) in [5, 5.41) is 0. The molecule has 5 heteroatoms. The highest BCUT2D eigenvalue weighted by Crippen LogP contribution is 2.23. The van der Waals surface area contributed by atoms with Gasteiger partial charge in [0.1, 0.15) is 0 Å². The van der Waals surface area contributed by atoms with Crippen LogP contribution in [0.15, 0.2) is 0 Å². The molecule has 0 aromatic heterocycles. The Morgan fingerprint density at radius 2 is 1.10 bits per heavy atom. The average Bonchev–Trinajstić information content (AvgIpc) is 2.47. The number of rotatable bonds is 14. The lowest BCUT2D eigenvalue weighted by molar-refractivity contribution is 0.178. The smallest absolute Gasteiger partial charge is 0.338 e.